The zero-order valence-corrected chi connectivity index (χ0v) is 11.2. The second-order valence-corrected chi connectivity index (χ2v) is 4.95. The van der Waals surface area contributed by atoms with Gasteiger partial charge in [0.05, 0.1) is 11.6 Å². The normalized spacial score (nSPS) is 17.6. The van der Waals surface area contributed by atoms with E-state index in [1.807, 2.05) is 7.05 Å². The Hall–Kier alpha value is -1.40. The van der Waals surface area contributed by atoms with E-state index in [4.69, 9.17) is 11.6 Å². The lowest BCUT2D eigenvalue weighted by Crippen LogP contribution is -2.44. The van der Waals surface area contributed by atoms with Crippen LogP contribution in [0.3, 0.4) is 0 Å². The number of anilines is 1. The van der Waals surface area contributed by atoms with E-state index in [1.54, 1.807) is 10.9 Å². The molecule has 1 fully saturated rings. The summed E-state index contributed by atoms with van der Waals surface area (Å²) >= 11 is 6.00. The summed E-state index contributed by atoms with van der Waals surface area (Å²) in [5.41, 5.74) is 0.781. The van der Waals surface area contributed by atoms with Crippen LogP contribution in [0.4, 0.5) is 5.82 Å². The van der Waals surface area contributed by atoms with Gasteiger partial charge < -0.3 is 9.80 Å². The lowest BCUT2D eigenvalue weighted by atomic mass is 10.3. The number of fused-ring (bicyclic) bond motifs is 1. The summed E-state index contributed by atoms with van der Waals surface area (Å²) in [5, 5.41) is 5.47. The molecule has 0 N–H and O–H groups in total. The van der Waals surface area contributed by atoms with E-state index in [0.29, 0.717) is 0 Å². The van der Waals surface area contributed by atoms with Crippen LogP contribution in [-0.2, 0) is 7.05 Å². The van der Waals surface area contributed by atoms with Crippen molar-refractivity contribution in [2.75, 3.05) is 38.1 Å². The fourth-order valence-corrected chi connectivity index (χ4v) is 2.40. The molecule has 3 rings (SSSR count). The Morgan fingerprint density at radius 3 is 2.56 bits per heavy atom. The molecule has 1 saturated heterocycles. The van der Waals surface area contributed by atoms with E-state index in [0.717, 1.165) is 43.0 Å². The topological polar surface area (TPSA) is 50.1 Å². The summed E-state index contributed by atoms with van der Waals surface area (Å²) < 4.78 is 1.72. The van der Waals surface area contributed by atoms with Crippen LogP contribution in [0, 0.1) is 0 Å². The summed E-state index contributed by atoms with van der Waals surface area (Å²) in [7, 11) is 3.99. The second kappa shape index (κ2) is 4.37. The van der Waals surface area contributed by atoms with Crippen molar-refractivity contribution >= 4 is 28.5 Å². The molecule has 6 nitrogen and oxygen atoms in total. The molecule has 0 atom stereocenters. The molecule has 7 heteroatoms. The van der Waals surface area contributed by atoms with Crippen molar-refractivity contribution in [3.05, 3.63) is 11.5 Å². The first-order valence-corrected chi connectivity index (χ1v) is 6.31. The molecule has 0 unspecified atom stereocenters. The third-order valence-electron chi connectivity index (χ3n) is 3.35. The van der Waals surface area contributed by atoms with Gasteiger partial charge in [0.2, 0.25) is 5.28 Å². The minimum absolute atomic E-state index is 0.278. The molecule has 2 aromatic rings. The maximum absolute atomic E-state index is 6.00. The number of halogens is 1. The van der Waals surface area contributed by atoms with Crippen molar-refractivity contribution in [2.24, 2.45) is 7.05 Å². The molecule has 0 aromatic carbocycles. The largest absolute Gasteiger partial charge is 0.353 e. The Balaban J connectivity index is 2.05. The van der Waals surface area contributed by atoms with E-state index in [-0.39, 0.29) is 5.28 Å². The van der Waals surface area contributed by atoms with E-state index in [9.17, 15) is 0 Å². The number of nitrogens with zero attached hydrogens (tertiary/aromatic N) is 6. The monoisotopic (exact) mass is 266 g/mol. The van der Waals surface area contributed by atoms with Gasteiger partial charge in [-0.1, -0.05) is 0 Å². The smallest absolute Gasteiger partial charge is 0.226 e. The van der Waals surface area contributed by atoms with Crippen LogP contribution in [0.2, 0.25) is 5.28 Å². The zero-order valence-electron chi connectivity index (χ0n) is 10.5. The summed E-state index contributed by atoms with van der Waals surface area (Å²) in [6, 6.07) is 0. The molecule has 3 heterocycles. The van der Waals surface area contributed by atoms with Crippen LogP contribution in [0.5, 0.6) is 0 Å². The molecule has 96 valence electrons. The van der Waals surface area contributed by atoms with Crippen LogP contribution >= 0.6 is 11.6 Å². The van der Waals surface area contributed by atoms with Gasteiger partial charge >= 0.3 is 0 Å². The number of aromatic nitrogens is 4. The van der Waals surface area contributed by atoms with Crippen LogP contribution in [0.15, 0.2) is 6.20 Å². The summed E-state index contributed by atoms with van der Waals surface area (Å²) in [5.74, 6) is 0.895. The SMILES string of the molecule is CN1CCN(c2nc(Cl)nc3c2cnn3C)CC1. The van der Waals surface area contributed by atoms with Crippen molar-refractivity contribution in [3.63, 3.8) is 0 Å². The van der Waals surface area contributed by atoms with Crippen LogP contribution in [-0.4, -0.2) is 57.9 Å². The van der Waals surface area contributed by atoms with E-state index in [1.165, 1.54) is 0 Å². The van der Waals surface area contributed by atoms with E-state index >= 15 is 0 Å². The van der Waals surface area contributed by atoms with Gasteiger partial charge in [0.1, 0.15) is 5.82 Å². The highest BCUT2D eigenvalue weighted by atomic mass is 35.5. The number of aryl methyl sites for hydroxylation is 1. The fraction of sp³-hybridized carbons (Fsp3) is 0.545. The maximum atomic E-state index is 6.00. The van der Waals surface area contributed by atoms with Gasteiger partial charge in [-0.15, -0.1) is 0 Å². The van der Waals surface area contributed by atoms with Gasteiger partial charge in [0, 0.05) is 33.2 Å². The minimum atomic E-state index is 0.278. The number of hydrogen-bond donors (Lipinski definition) is 0. The molecule has 0 aliphatic carbocycles. The third-order valence-corrected chi connectivity index (χ3v) is 3.52. The van der Waals surface area contributed by atoms with Crippen LogP contribution < -0.4 is 4.90 Å². The molecular formula is C11H15ClN6. The molecule has 1 aliphatic heterocycles. The number of likely N-dealkylation sites (N-methyl/N-ethyl adjacent to an activating group) is 1. The number of piperazine rings is 1. The lowest BCUT2D eigenvalue weighted by molar-refractivity contribution is 0.312. The second-order valence-electron chi connectivity index (χ2n) is 4.61. The highest BCUT2D eigenvalue weighted by Gasteiger charge is 2.20. The predicted molar refractivity (Wildman–Crippen MR) is 71.0 cm³/mol. The maximum Gasteiger partial charge on any atom is 0.226 e. The molecule has 1 aliphatic rings. The number of rotatable bonds is 1. The number of hydrogen-bond acceptors (Lipinski definition) is 5. The molecule has 0 bridgehead atoms. The predicted octanol–water partition coefficient (Wildman–Crippen LogP) is 0.768. The Kier molecular flexibility index (Phi) is 2.83. The van der Waals surface area contributed by atoms with Gasteiger partial charge in [0.15, 0.2) is 5.65 Å². The Morgan fingerprint density at radius 2 is 1.83 bits per heavy atom. The molecule has 18 heavy (non-hydrogen) atoms. The third kappa shape index (κ3) is 1.91. The van der Waals surface area contributed by atoms with Gasteiger partial charge in [-0.2, -0.15) is 15.1 Å². The van der Waals surface area contributed by atoms with Crippen molar-refractivity contribution in [1.29, 1.82) is 0 Å². The minimum Gasteiger partial charge on any atom is -0.353 e. The first-order chi connectivity index (χ1) is 8.65. The first-order valence-electron chi connectivity index (χ1n) is 5.94. The zero-order chi connectivity index (χ0) is 12.7. The van der Waals surface area contributed by atoms with Crippen molar-refractivity contribution in [2.45, 2.75) is 0 Å². The Bertz CT molecular complexity index is 572. The van der Waals surface area contributed by atoms with Crippen molar-refractivity contribution in [3.8, 4) is 0 Å². The standard InChI is InChI=1S/C11H15ClN6/c1-16-3-5-18(6-4-16)10-8-7-13-17(2)9(8)14-11(12)15-10/h7H,3-6H2,1-2H3. The molecular weight excluding hydrogens is 252 g/mol. The van der Waals surface area contributed by atoms with Crippen LogP contribution in [0.1, 0.15) is 0 Å². The van der Waals surface area contributed by atoms with Gasteiger partial charge in [-0.05, 0) is 18.6 Å². The Morgan fingerprint density at radius 1 is 1.11 bits per heavy atom. The van der Waals surface area contributed by atoms with Gasteiger partial charge in [-0.3, -0.25) is 4.68 Å². The van der Waals surface area contributed by atoms with Crippen LogP contribution in [0.25, 0.3) is 11.0 Å². The van der Waals surface area contributed by atoms with Gasteiger partial charge in [-0.25, -0.2) is 0 Å². The van der Waals surface area contributed by atoms with Gasteiger partial charge in [0.25, 0.3) is 0 Å². The molecule has 0 amide bonds. The molecule has 0 saturated carbocycles. The Labute approximate surface area is 110 Å². The van der Waals surface area contributed by atoms with Crippen molar-refractivity contribution in [1.82, 2.24) is 24.6 Å². The summed E-state index contributed by atoms with van der Waals surface area (Å²) in [4.78, 5) is 13.1. The van der Waals surface area contributed by atoms with E-state index < -0.39 is 0 Å². The molecule has 0 spiro atoms. The fourth-order valence-electron chi connectivity index (χ4n) is 2.24. The summed E-state index contributed by atoms with van der Waals surface area (Å²) in [6.45, 7) is 3.97. The average Bonchev–Trinajstić information content (AvgIpc) is 2.71. The summed E-state index contributed by atoms with van der Waals surface area (Å²) in [6.07, 6.45) is 1.80. The highest BCUT2D eigenvalue weighted by Crippen LogP contribution is 2.25. The highest BCUT2D eigenvalue weighted by molar-refractivity contribution is 6.28. The lowest BCUT2D eigenvalue weighted by Gasteiger charge is -2.33. The molecule has 2 aromatic heterocycles. The first kappa shape index (κ1) is 11.7. The average molecular weight is 267 g/mol. The molecule has 0 radical (unpaired) electrons. The van der Waals surface area contributed by atoms with E-state index in [2.05, 4.69) is 31.9 Å². The quantitative estimate of drug-likeness (QED) is 0.714. The van der Waals surface area contributed by atoms with Crippen molar-refractivity contribution < 1.29 is 0 Å².